The van der Waals surface area contributed by atoms with Gasteiger partial charge in [-0.3, -0.25) is 14.9 Å². The summed E-state index contributed by atoms with van der Waals surface area (Å²) in [5, 5.41) is 6.69. The number of nitrogens with zero attached hydrogens (tertiary/aromatic N) is 1. The largest absolute Gasteiger partial charge is 0.378 e. The number of amides is 2. The minimum atomic E-state index is -0.337. The zero-order chi connectivity index (χ0) is 15.1. The van der Waals surface area contributed by atoms with Crippen molar-refractivity contribution in [2.45, 2.75) is 26.8 Å². The van der Waals surface area contributed by atoms with E-state index in [2.05, 4.69) is 22.5 Å². The first kappa shape index (κ1) is 13.8. The Balaban J connectivity index is 1.86. The van der Waals surface area contributed by atoms with Crippen LogP contribution in [-0.2, 0) is 0 Å². The topological polar surface area (TPSA) is 71.1 Å². The van der Waals surface area contributed by atoms with E-state index in [4.69, 9.17) is 0 Å². The third-order valence-corrected chi connectivity index (χ3v) is 4.71. The number of carbonyl (C=O) groups excluding carboxylic acids is 2. The fourth-order valence-corrected chi connectivity index (χ4v) is 3.45. The molecule has 0 radical (unpaired) electrons. The van der Waals surface area contributed by atoms with Crippen molar-refractivity contribution in [3.05, 3.63) is 44.9 Å². The number of hydrogen-bond acceptors (Lipinski definition) is 5. The zero-order valence-corrected chi connectivity index (χ0v) is 12.8. The Morgan fingerprint density at radius 3 is 2.57 bits per heavy atom. The lowest BCUT2D eigenvalue weighted by atomic mass is 10.1. The number of hydrogen-bond donors (Lipinski definition) is 2. The summed E-state index contributed by atoms with van der Waals surface area (Å²) in [5.74, 6) is -0.667. The van der Waals surface area contributed by atoms with Crippen LogP contribution in [0.25, 0.3) is 0 Å². The number of aryl methyl sites for hydroxylation is 2. The van der Waals surface area contributed by atoms with Gasteiger partial charge in [0.25, 0.3) is 11.8 Å². The number of thiazole rings is 1. The average Bonchev–Trinajstić information content (AvgIpc) is 2.90. The number of nitrogens with one attached hydrogen (secondary N) is 2. The SMILES string of the molecule is Cc1nc(C)c(C(C)Nc2ccc3c(c2)C(=O)NC3=O)s1. The van der Waals surface area contributed by atoms with Gasteiger partial charge < -0.3 is 5.32 Å². The van der Waals surface area contributed by atoms with Gasteiger partial charge in [0, 0.05) is 10.6 Å². The number of benzene rings is 1. The molecule has 1 aromatic carbocycles. The highest BCUT2D eigenvalue weighted by molar-refractivity contribution is 7.11. The lowest BCUT2D eigenvalue weighted by Crippen LogP contribution is -2.19. The molecular formula is C15H15N3O2S. The van der Waals surface area contributed by atoms with Crippen molar-refractivity contribution < 1.29 is 9.59 Å². The van der Waals surface area contributed by atoms with Crippen LogP contribution in [0, 0.1) is 13.8 Å². The molecule has 2 N–H and O–H groups in total. The first-order valence-electron chi connectivity index (χ1n) is 6.66. The highest BCUT2D eigenvalue weighted by Crippen LogP contribution is 2.28. The quantitative estimate of drug-likeness (QED) is 0.855. The molecular weight excluding hydrogens is 286 g/mol. The molecule has 0 fully saturated rings. The summed E-state index contributed by atoms with van der Waals surface area (Å²) in [6, 6.07) is 5.30. The van der Waals surface area contributed by atoms with Crippen LogP contribution in [0.4, 0.5) is 5.69 Å². The fourth-order valence-electron chi connectivity index (χ4n) is 2.52. The molecule has 0 spiro atoms. The van der Waals surface area contributed by atoms with Crippen molar-refractivity contribution in [2.75, 3.05) is 5.32 Å². The molecule has 0 aliphatic carbocycles. The second-order valence-corrected chi connectivity index (χ2v) is 6.33. The van der Waals surface area contributed by atoms with Crippen molar-refractivity contribution in [3.8, 4) is 0 Å². The number of anilines is 1. The lowest BCUT2D eigenvalue weighted by Gasteiger charge is -2.14. The molecule has 0 saturated carbocycles. The highest BCUT2D eigenvalue weighted by Gasteiger charge is 2.26. The van der Waals surface area contributed by atoms with Crippen molar-refractivity contribution >= 4 is 28.8 Å². The van der Waals surface area contributed by atoms with Gasteiger partial charge in [-0.25, -0.2) is 4.98 Å². The van der Waals surface area contributed by atoms with Crippen LogP contribution >= 0.6 is 11.3 Å². The summed E-state index contributed by atoms with van der Waals surface area (Å²) in [6.45, 7) is 6.03. The number of fused-ring (bicyclic) bond motifs is 1. The fraction of sp³-hybridized carbons (Fsp3) is 0.267. The molecule has 2 heterocycles. The molecule has 2 aromatic rings. The molecule has 1 atom stereocenters. The Morgan fingerprint density at radius 2 is 1.90 bits per heavy atom. The van der Waals surface area contributed by atoms with Crippen LogP contribution in [0.3, 0.4) is 0 Å². The van der Waals surface area contributed by atoms with Gasteiger partial charge in [-0.2, -0.15) is 0 Å². The minimum absolute atomic E-state index is 0.0921. The lowest BCUT2D eigenvalue weighted by molar-refractivity contribution is 0.0879. The molecule has 3 rings (SSSR count). The maximum absolute atomic E-state index is 11.7. The monoisotopic (exact) mass is 301 g/mol. The normalized spacial score (nSPS) is 14.8. The van der Waals surface area contributed by atoms with Crippen LogP contribution in [-0.4, -0.2) is 16.8 Å². The molecule has 0 bridgehead atoms. The summed E-state index contributed by atoms with van der Waals surface area (Å²) in [4.78, 5) is 28.8. The molecule has 1 aliphatic heterocycles. The predicted octanol–water partition coefficient (Wildman–Crippen LogP) is 2.82. The molecule has 2 amide bonds. The van der Waals surface area contributed by atoms with Gasteiger partial charge in [-0.05, 0) is 39.0 Å². The van der Waals surface area contributed by atoms with Crippen LogP contribution in [0.2, 0.25) is 0 Å². The summed E-state index contributed by atoms with van der Waals surface area (Å²) in [7, 11) is 0. The van der Waals surface area contributed by atoms with Crippen molar-refractivity contribution in [2.24, 2.45) is 0 Å². The van der Waals surface area contributed by atoms with Gasteiger partial charge in [0.2, 0.25) is 0 Å². The Hall–Kier alpha value is -2.21. The molecule has 0 saturated heterocycles. The molecule has 1 unspecified atom stereocenters. The van der Waals surface area contributed by atoms with Gasteiger partial charge >= 0.3 is 0 Å². The van der Waals surface area contributed by atoms with Gasteiger partial charge in [0.1, 0.15) is 0 Å². The number of aromatic nitrogens is 1. The first-order valence-corrected chi connectivity index (χ1v) is 7.47. The number of imide groups is 1. The van der Waals surface area contributed by atoms with Crippen LogP contribution < -0.4 is 10.6 Å². The molecule has 21 heavy (non-hydrogen) atoms. The van der Waals surface area contributed by atoms with Crippen LogP contribution in [0.5, 0.6) is 0 Å². The van der Waals surface area contributed by atoms with E-state index in [9.17, 15) is 9.59 Å². The standard InChI is InChI=1S/C15H15N3O2S/c1-7-13(21-9(3)16-7)8(2)17-10-4-5-11-12(6-10)15(20)18-14(11)19/h4-6,8,17H,1-3H3,(H,18,19,20). The second kappa shape index (κ2) is 4.96. The van der Waals surface area contributed by atoms with E-state index in [1.165, 1.54) is 4.88 Å². The zero-order valence-electron chi connectivity index (χ0n) is 12.0. The summed E-state index contributed by atoms with van der Waals surface area (Å²) >= 11 is 1.66. The van der Waals surface area contributed by atoms with E-state index in [0.29, 0.717) is 11.1 Å². The van der Waals surface area contributed by atoms with E-state index >= 15 is 0 Å². The van der Waals surface area contributed by atoms with E-state index in [-0.39, 0.29) is 17.9 Å². The first-order chi connectivity index (χ1) is 9.95. The van der Waals surface area contributed by atoms with Crippen LogP contribution in [0.1, 0.15) is 49.3 Å². The summed E-state index contributed by atoms with van der Waals surface area (Å²) in [5.41, 5.74) is 2.69. The Bertz CT molecular complexity index is 751. The second-order valence-electron chi connectivity index (χ2n) is 5.09. The highest BCUT2D eigenvalue weighted by atomic mass is 32.1. The minimum Gasteiger partial charge on any atom is -0.378 e. The summed E-state index contributed by atoms with van der Waals surface area (Å²) < 4.78 is 0. The Kier molecular flexibility index (Phi) is 3.25. The van der Waals surface area contributed by atoms with E-state index in [1.54, 1.807) is 23.5 Å². The van der Waals surface area contributed by atoms with Crippen molar-refractivity contribution in [3.63, 3.8) is 0 Å². The van der Waals surface area contributed by atoms with Gasteiger partial charge in [0.15, 0.2) is 0 Å². The molecule has 6 heteroatoms. The summed E-state index contributed by atoms with van der Waals surface area (Å²) in [6.07, 6.45) is 0. The smallest absolute Gasteiger partial charge is 0.259 e. The maximum Gasteiger partial charge on any atom is 0.259 e. The third-order valence-electron chi connectivity index (χ3n) is 3.45. The predicted molar refractivity (Wildman–Crippen MR) is 81.9 cm³/mol. The van der Waals surface area contributed by atoms with Crippen LogP contribution in [0.15, 0.2) is 18.2 Å². The van der Waals surface area contributed by atoms with Gasteiger partial charge in [-0.1, -0.05) is 0 Å². The van der Waals surface area contributed by atoms with E-state index in [1.807, 2.05) is 19.9 Å². The Labute approximate surface area is 126 Å². The van der Waals surface area contributed by atoms with Gasteiger partial charge in [-0.15, -0.1) is 11.3 Å². The number of rotatable bonds is 3. The number of carbonyl (C=O) groups is 2. The molecule has 1 aliphatic rings. The Morgan fingerprint density at radius 1 is 1.19 bits per heavy atom. The van der Waals surface area contributed by atoms with E-state index < -0.39 is 0 Å². The third kappa shape index (κ3) is 2.42. The maximum atomic E-state index is 11.7. The average molecular weight is 301 g/mol. The van der Waals surface area contributed by atoms with Gasteiger partial charge in [0.05, 0.1) is 27.9 Å². The molecule has 1 aromatic heterocycles. The van der Waals surface area contributed by atoms with Crippen molar-refractivity contribution in [1.82, 2.24) is 10.3 Å². The van der Waals surface area contributed by atoms with Crippen molar-refractivity contribution in [1.29, 1.82) is 0 Å². The molecule has 5 nitrogen and oxygen atoms in total. The van der Waals surface area contributed by atoms with E-state index in [0.717, 1.165) is 16.4 Å². The molecule has 108 valence electrons.